The van der Waals surface area contributed by atoms with Crippen LogP contribution in [0, 0.1) is 17.8 Å². The molecule has 1 heteroatoms. The van der Waals surface area contributed by atoms with Crippen LogP contribution >= 0.6 is 0 Å². The first-order valence-corrected chi connectivity index (χ1v) is 9.12. The molecule has 1 aromatic rings. The predicted molar refractivity (Wildman–Crippen MR) is 90.6 cm³/mol. The summed E-state index contributed by atoms with van der Waals surface area (Å²) < 4.78 is 0. The fraction of sp³-hybridized carbons (Fsp3) is 0.700. The van der Waals surface area contributed by atoms with Crippen LogP contribution in [0.1, 0.15) is 63.5 Å². The van der Waals surface area contributed by atoms with E-state index in [4.69, 9.17) is 0 Å². The van der Waals surface area contributed by atoms with E-state index < -0.39 is 0 Å². The van der Waals surface area contributed by atoms with E-state index in [1.54, 1.807) is 11.1 Å². The van der Waals surface area contributed by atoms with Crippen molar-refractivity contribution >= 4 is 0 Å². The number of nitrogens with one attached hydrogen (secondary N) is 1. The summed E-state index contributed by atoms with van der Waals surface area (Å²) in [6, 6.07) is 9.94. The number of aryl methyl sites for hydroxylation is 1. The molecule has 3 rings (SSSR count). The molecular formula is C20H31N. The Morgan fingerprint density at radius 2 is 1.90 bits per heavy atom. The maximum absolute atomic E-state index is 3.92. The van der Waals surface area contributed by atoms with E-state index in [0.29, 0.717) is 0 Å². The van der Waals surface area contributed by atoms with Gasteiger partial charge in [-0.25, -0.2) is 0 Å². The van der Waals surface area contributed by atoms with E-state index in [-0.39, 0.29) is 0 Å². The topological polar surface area (TPSA) is 12.0 Å². The number of rotatable bonds is 7. The lowest BCUT2D eigenvalue weighted by Gasteiger charge is -2.27. The van der Waals surface area contributed by atoms with E-state index in [2.05, 4.69) is 50.4 Å². The molecular weight excluding hydrogens is 254 g/mol. The van der Waals surface area contributed by atoms with E-state index >= 15 is 0 Å². The van der Waals surface area contributed by atoms with Crippen LogP contribution in [-0.4, -0.2) is 12.6 Å². The zero-order chi connectivity index (χ0) is 14.8. The number of benzene rings is 1. The van der Waals surface area contributed by atoms with E-state index in [1.165, 1.54) is 38.6 Å². The van der Waals surface area contributed by atoms with Gasteiger partial charge in [0.2, 0.25) is 0 Å². The summed E-state index contributed by atoms with van der Waals surface area (Å²) in [6.07, 6.45) is 6.59. The molecule has 0 aromatic heterocycles. The maximum atomic E-state index is 3.92. The Labute approximate surface area is 130 Å². The minimum Gasteiger partial charge on any atom is -0.313 e. The van der Waals surface area contributed by atoms with Crippen LogP contribution in [0.4, 0.5) is 0 Å². The molecule has 0 bridgehead atoms. The van der Waals surface area contributed by atoms with Gasteiger partial charge in [-0.3, -0.25) is 0 Å². The summed E-state index contributed by atoms with van der Waals surface area (Å²) in [5, 5.41) is 3.92. The minimum atomic E-state index is 0.737. The summed E-state index contributed by atoms with van der Waals surface area (Å²) >= 11 is 0. The molecule has 4 unspecified atom stereocenters. The second kappa shape index (κ2) is 6.52. The minimum absolute atomic E-state index is 0.737. The Bertz CT molecular complexity index is 463. The fourth-order valence-corrected chi connectivity index (χ4v) is 4.83. The third kappa shape index (κ3) is 2.77. The molecule has 1 saturated carbocycles. The van der Waals surface area contributed by atoms with Gasteiger partial charge in [0, 0.05) is 6.04 Å². The smallest absolute Gasteiger partial charge is 0.0132 e. The van der Waals surface area contributed by atoms with Crippen molar-refractivity contribution in [3.05, 3.63) is 35.4 Å². The first-order valence-electron chi connectivity index (χ1n) is 9.12. The van der Waals surface area contributed by atoms with Crippen molar-refractivity contribution in [3.8, 4) is 0 Å². The molecule has 0 amide bonds. The third-order valence-corrected chi connectivity index (χ3v) is 5.99. The second-order valence-electron chi connectivity index (χ2n) is 7.06. The normalized spacial score (nSPS) is 28.1. The predicted octanol–water partition coefficient (Wildman–Crippen LogP) is 4.77. The Hall–Kier alpha value is -0.820. The highest BCUT2D eigenvalue weighted by Gasteiger charge is 2.56. The highest BCUT2D eigenvalue weighted by Crippen LogP contribution is 2.62. The molecule has 0 spiro atoms. The molecule has 0 aliphatic heterocycles. The maximum Gasteiger partial charge on any atom is 0.0132 e. The average Bonchev–Trinajstić information content (AvgIpc) is 3.26. The van der Waals surface area contributed by atoms with Crippen LogP contribution in [0.3, 0.4) is 0 Å². The first-order chi connectivity index (χ1) is 10.3. The van der Waals surface area contributed by atoms with Gasteiger partial charge in [0.25, 0.3) is 0 Å². The molecule has 21 heavy (non-hydrogen) atoms. The van der Waals surface area contributed by atoms with Crippen LogP contribution < -0.4 is 5.32 Å². The lowest BCUT2D eigenvalue weighted by molar-refractivity contribution is 0.291. The summed E-state index contributed by atoms with van der Waals surface area (Å²) in [6.45, 7) is 8.20. The summed E-state index contributed by atoms with van der Waals surface area (Å²) in [5.74, 6) is 3.55. The first kappa shape index (κ1) is 15.1. The molecule has 1 N–H and O–H groups in total. The van der Waals surface area contributed by atoms with Gasteiger partial charge in [-0.05, 0) is 60.6 Å². The standard InChI is InChI=1S/C20H31N/c1-4-13-21-20(14(5-2)6-3)19-17-12-11-15-9-7-8-10-16(15)18(17)19/h7-10,14,17-21H,4-6,11-13H2,1-3H3. The van der Waals surface area contributed by atoms with Crippen molar-refractivity contribution < 1.29 is 0 Å². The van der Waals surface area contributed by atoms with Crippen LogP contribution in [0.5, 0.6) is 0 Å². The van der Waals surface area contributed by atoms with Crippen molar-refractivity contribution in [1.29, 1.82) is 0 Å². The van der Waals surface area contributed by atoms with Gasteiger partial charge < -0.3 is 5.32 Å². The quantitative estimate of drug-likeness (QED) is 0.761. The van der Waals surface area contributed by atoms with Crippen LogP contribution in [0.25, 0.3) is 0 Å². The lowest BCUT2D eigenvalue weighted by Crippen LogP contribution is -2.39. The van der Waals surface area contributed by atoms with Gasteiger partial charge >= 0.3 is 0 Å². The van der Waals surface area contributed by atoms with Crippen molar-refractivity contribution in [2.24, 2.45) is 17.8 Å². The van der Waals surface area contributed by atoms with E-state index in [0.717, 1.165) is 29.7 Å². The summed E-state index contributed by atoms with van der Waals surface area (Å²) in [4.78, 5) is 0. The van der Waals surface area contributed by atoms with Crippen molar-refractivity contribution in [3.63, 3.8) is 0 Å². The van der Waals surface area contributed by atoms with Gasteiger partial charge in [-0.2, -0.15) is 0 Å². The highest BCUT2D eigenvalue weighted by molar-refractivity contribution is 5.40. The van der Waals surface area contributed by atoms with Gasteiger partial charge in [-0.1, -0.05) is 57.9 Å². The number of hydrogen-bond acceptors (Lipinski definition) is 1. The molecule has 1 aromatic carbocycles. The average molecular weight is 285 g/mol. The van der Waals surface area contributed by atoms with E-state index in [1.807, 2.05) is 0 Å². The molecule has 0 heterocycles. The highest BCUT2D eigenvalue weighted by atomic mass is 14.9. The van der Waals surface area contributed by atoms with Crippen LogP contribution in [0.2, 0.25) is 0 Å². The van der Waals surface area contributed by atoms with Crippen molar-refractivity contribution in [2.45, 2.75) is 64.8 Å². The van der Waals surface area contributed by atoms with Gasteiger partial charge in [0.05, 0.1) is 0 Å². The SMILES string of the molecule is CCCNC(C(CC)CC)C1C2CCc3ccccc3C21. The number of hydrogen-bond donors (Lipinski definition) is 1. The zero-order valence-electron chi connectivity index (χ0n) is 13.9. The molecule has 2 aliphatic rings. The van der Waals surface area contributed by atoms with Crippen LogP contribution in [-0.2, 0) is 6.42 Å². The number of fused-ring (bicyclic) bond motifs is 3. The Morgan fingerprint density at radius 3 is 2.62 bits per heavy atom. The summed E-state index contributed by atoms with van der Waals surface area (Å²) in [7, 11) is 0. The lowest BCUT2D eigenvalue weighted by atomic mass is 9.88. The largest absolute Gasteiger partial charge is 0.313 e. The molecule has 0 radical (unpaired) electrons. The molecule has 4 atom stereocenters. The second-order valence-corrected chi connectivity index (χ2v) is 7.06. The fourth-order valence-electron chi connectivity index (χ4n) is 4.83. The van der Waals surface area contributed by atoms with Crippen molar-refractivity contribution in [1.82, 2.24) is 5.32 Å². The molecule has 0 saturated heterocycles. The van der Waals surface area contributed by atoms with E-state index in [9.17, 15) is 0 Å². The molecule has 1 fully saturated rings. The Morgan fingerprint density at radius 1 is 1.14 bits per heavy atom. The Kier molecular flexibility index (Phi) is 4.69. The zero-order valence-corrected chi connectivity index (χ0v) is 13.9. The van der Waals surface area contributed by atoms with Gasteiger partial charge in [0.1, 0.15) is 0 Å². The Balaban J connectivity index is 1.79. The van der Waals surface area contributed by atoms with Gasteiger partial charge in [0.15, 0.2) is 0 Å². The van der Waals surface area contributed by atoms with Crippen molar-refractivity contribution in [2.75, 3.05) is 6.54 Å². The van der Waals surface area contributed by atoms with Gasteiger partial charge in [-0.15, -0.1) is 0 Å². The molecule has 116 valence electrons. The third-order valence-electron chi connectivity index (χ3n) is 5.99. The monoisotopic (exact) mass is 285 g/mol. The van der Waals surface area contributed by atoms with Crippen LogP contribution in [0.15, 0.2) is 24.3 Å². The molecule has 1 nitrogen and oxygen atoms in total. The molecule has 2 aliphatic carbocycles. The summed E-state index contributed by atoms with van der Waals surface area (Å²) in [5.41, 5.74) is 3.30.